The molecular weight excluding hydrogens is 426 g/mol. The number of imide groups is 1. The average molecular weight is 460 g/mol. The van der Waals surface area contributed by atoms with Crippen molar-refractivity contribution in [1.82, 2.24) is 15.1 Å². The lowest BCUT2D eigenvalue weighted by molar-refractivity contribution is -0.142. The number of rotatable bonds is 8. The van der Waals surface area contributed by atoms with E-state index in [9.17, 15) is 19.2 Å². The highest BCUT2D eigenvalue weighted by molar-refractivity contribution is 6.11. The standard InChI is InChI=1S/C24H33N3O6/c1-4-33-23(31)26-11-9-18(10-12-26)25-20(28)15-24(19-8-6-5-7-17(19)2)16-21(29)27(22(24)30)13-14-32-3/h5-8,18H,4,9-16H2,1-3H3,(H,25,28)/t24-/m0/s1. The Morgan fingerprint density at radius 1 is 1.18 bits per heavy atom. The predicted octanol–water partition coefficient (Wildman–Crippen LogP) is 1.77. The molecule has 0 radical (unpaired) electrons. The van der Waals surface area contributed by atoms with Crippen molar-refractivity contribution in [3.63, 3.8) is 0 Å². The van der Waals surface area contributed by atoms with Crippen LogP contribution in [0.2, 0.25) is 0 Å². The Balaban J connectivity index is 1.74. The van der Waals surface area contributed by atoms with E-state index in [0.717, 1.165) is 5.56 Å². The minimum atomic E-state index is -1.23. The van der Waals surface area contributed by atoms with E-state index in [1.807, 2.05) is 31.2 Å². The Morgan fingerprint density at radius 3 is 2.52 bits per heavy atom. The smallest absolute Gasteiger partial charge is 0.409 e. The van der Waals surface area contributed by atoms with Crippen LogP contribution in [0.15, 0.2) is 24.3 Å². The maximum absolute atomic E-state index is 13.5. The molecule has 1 N–H and O–H groups in total. The maximum atomic E-state index is 13.5. The first-order valence-corrected chi connectivity index (χ1v) is 11.4. The fraction of sp³-hybridized carbons (Fsp3) is 0.583. The molecule has 9 nitrogen and oxygen atoms in total. The van der Waals surface area contributed by atoms with Crippen LogP contribution in [-0.4, -0.2) is 79.6 Å². The van der Waals surface area contributed by atoms with E-state index in [4.69, 9.17) is 9.47 Å². The Morgan fingerprint density at radius 2 is 1.88 bits per heavy atom. The second-order valence-electron chi connectivity index (χ2n) is 8.62. The fourth-order valence-corrected chi connectivity index (χ4v) is 4.74. The third kappa shape index (κ3) is 5.35. The van der Waals surface area contributed by atoms with Crippen LogP contribution in [0.1, 0.15) is 43.7 Å². The monoisotopic (exact) mass is 459 g/mol. The zero-order valence-corrected chi connectivity index (χ0v) is 19.6. The number of aryl methyl sites for hydroxylation is 1. The van der Waals surface area contributed by atoms with Gasteiger partial charge in [-0.25, -0.2) is 4.79 Å². The molecule has 2 aliphatic heterocycles. The molecule has 0 spiro atoms. The summed E-state index contributed by atoms with van der Waals surface area (Å²) in [5.74, 6) is -0.926. The lowest BCUT2D eigenvalue weighted by Crippen LogP contribution is -2.49. The van der Waals surface area contributed by atoms with Crippen molar-refractivity contribution in [3.8, 4) is 0 Å². The topological polar surface area (TPSA) is 105 Å². The number of benzene rings is 1. The Kier molecular flexibility index (Phi) is 8.07. The molecule has 1 atom stereocenters. The largest absolute Gasteiger partial charge is 0.450 e. The SMILES string of the molecule is CCOC(=O)N1CCC(NC(=O)C[C@@]2(c3ccccc3C)CC(=O)N(CCOC)C2=O)CC1. The summed E-state index contributed by atoms with van der Waals surface area (Å²) < 4.78 is 10.1. The molecule has 2 saturated heterocycles. The van der Waals surface area contributed by atoms with Gasteiger partial charge in [0.1, 0.15) is 0 Å². The molecular formula is C24H33N3O6. The number of piperidine rings is 1. The number of ether oxygens (including phenoxy) is 2. The van der Waals surface area contributed by atoms with Gasteiger partial charge in [0, 0.05) is 39.1 Å². The molecule has 1 aromatic carbocycles. The Bertz CT molecular complexity index is 896. The molecule has 0 aromatic heterocycles. The predicted molar refractivity (Wildman–Crippen MR) is 120 cm³/mol. The van der Waals surface area contributed by atoms with E-state index in [-0.39, 0.29) is 55.8 Å². The van der Waals surface area contributed by atoms with E-state index in [0.29, 0.717) is 38.1 Å². The average Bonchev–Trinajstić information content (AvgIpc) is 3.02. The lowest BCUT2D eigenvalue weighted by Gasteiger charge is -2.33. The maximum Gasteiger partial charge on any atom is 0.409 e. The minimum absolute atomic E-state index is 0.0465. The fourth-order valence-electron chi connectivity index (χ4n) is 4.74. The summed E-state index contributed by atoms with van der Waals surface area (Å²) in [4.78, 5) is 54.2. The number of amides is 4. The van der Waals surface area contributed by atoms with Gasteiger partial charge >= 0.3 is 6.09 Å². The van der Waals surface area contributed by atoms with E-state index in [1.165, 1.54) is 12.0 Å². The molecule has 33 heavy (non-hydrogen) atoms. The highest BCUT2D eigenvalue weighted by atomic mass is 16.6. The summed E-state index contributed by atoms with van der Waals surface area (Å²) in [6, 6.07) is 7.30. The number of methoxy groups -OCH3 is 1. The van der Waals surface area contributed by atoms with Crippen molar-refractivity contribution < 1.29 is 28.7 Å². The van der Waals surface area contributed by atoms with Gasteiger partial charge in [0.2, 0.25) is 17.7 Å². The quantitative estimate of drug-likeness (QED) is 0.594. The van der Waals surface area contributed by atoms with Gasteiger partial charge in [-0.2, -0.15) is 0 Å². The molecule has 4 amide bonds. The minimum Gasteiger partial charge on any atom is -0.450 e. The van der Waals surface area contributed by atoms with Crippen LogP contribution >= 0.6 is 0 Å². The third-order valence-corrected chi connectivity index (χ3v) is 6.44. The molecule has 2 fully saturated rings. The number of nitrogens with one attached hydrogen (secondary N) is 1. The number of hydrogen-bond acceptors (Lipinski definition) is 6. The zero-order valence-electron chi connectivity index (χ0n) is 19.6. The summed E-state index contributed by atoms with van der Waals surface area (Å²) in [7, 11) is 1.51. The number of carbonyl (C=O) groups is 4. The van der Waals surface area contributed by atoms with Crippen molar-refractivity contribution in [3.05, 3.63) is 35.4 Å². The van der Waals surface area contributed by atoms with Crippen LogP contribution in [0.4, 0.5) is 4.79 Å². The van der Waals surface area contributed by atoms with Crippen LogP contribution in [-0.2, 0) is 29.3 Å². The van der Waals surface area contributed by atoms with Crippen LogP contribution < -0.4 is 5.32 Å². The van der Waals surface area contributed by atoms with Gasteiger partial charge in [-0.05, 0) is 37.8 Å². The van der Waals surface area contributed by atoms with Gasteiger partial charge in [0.15, 0.2) is 0 Å². The molecule has 180 valence electrons. The first-order valence-electron chi connectivity index (χ1n) is 11.4. The molecule has 0 aliphatic carbocycles. The summed E-state index contributed by atoms with van der Waals surface area (Å²) in [5.41, 5.74) is 0.338. The van der Waals surface area contributed by atoms with Crippen LogP contribution in [0.3, 0.4) is 0 Å². The molecule has 0 bridgehead atoms. The van der Waals surface area contributed by atoms with Gasteiger partial charge < -0.3 is 19.7 Å². The summed E-state index contributed by atoms with van der Waals surface area (Å²) >= 11 is 0. The van der Waals surface area contributed by atoms with Crippen molar-refractivity contribution in [2.75, 3.05) is 40.0 Å². The summed E-state index contributed by atoms with van der Waals surface area (Å²) in [6.45, 7) is 5.37. The third-order valence-electron chi connectivity index (χ3n) is 6.44. The van der Waals surface area contributed by atoms with Crippen molar-refractivity contribution in [2.24, 2.45) is 0 Å². The first-order chi connectivity index (χ1) is 15.8. The Labute approximate surface area is 194 Å². The molecule has 2 heterocycles. The number of hydrogen-bond donors (Lipinski definition) is 1. The van der Waals surface area contributed by atoms with Gasteiger partial charge in [0.25, 0.3) is 0 Å². The summed E-state index contributed by atoms with van der Waals surface area (Å²) in [6.07, 6.45) is 0.717. The molecule has 1 aromatic rings. The number of nitrogens with zero attached hydrogens (tertiary/aromatic N) is 2. The van der Waals surface area contributed by atoms with Crippen LogP contribution in [0, 0.1) is 6.92 Å². The van der Waals surface area contributed by atoms with E-state index in [1.54, 1.807) is 11.8 Å². The highest BCUT2D eigenvalue weighted by Gasteiger charge is 2.54. The molecule has 3 rings (SSSR count). The van der Waals surface area contributed by atoms with Gasteiger partial charge in [0.05, 0.1) is 25.2 Å². The number of carbonyl (C=O) groups excluding carboxylic acids is 4. The first kappa shape index (κ1) is 24.7. The van der Waals surface area contributed by atoms with Crippen LogP contribution in [0.25, 0.3) is 0 Å². The highest BCUT2D eigenvalue weighted by Crippen LogP contribution is 2.41. The van der Waals surface area contributed by atoms with Gasteiger partial charge in [-0.1, -0.05) is 24.3 Å². The molecule has 9 heteroatoms. The summed E-state index contributed by atoms with van der Waals surface area (Å²) in [5, 5.41) is 3.02. The normalized spacial score (nSPS) is 21.4. The lowest BCUT2D eigenvalue weighted by atomic mass is 9.74. The van der Waals surface area contributed by atoms with Gasteiger partial charge in [-0.3, -0.25) is 19.3 Å². The van der Waals surface area contributed by atoms with E-state index in [2.05, 4.69) is 5.32 Å². The van der Waals surface area contributed by atoms with Gasteiger partial charge in [-0.15, -0.1) is 0 Å². The van der Waals surface area contributed by atoms with Crippen LogP contribution in [0.5, 0.6) is 0 Å². The van der Waals surface area contributed by atoms with Crippen molar-refractivity contribution in [2.45, 2.75) is 51.0 Å². The van der Waals surface area contributed by atoms with E-state index >= 15 is 0 Å². The molecule has 0 unspecified atom stereocenters. The molecule has 0 saturated carbocycles. The molecule has 2 aliphatic rings. The van der Waals surface area contributed by atoms with E-state index < -0.39 is 5.41 Å². The number of likely N-dealkylation sites (tertiary alicyclic amines) is 2. The van der Waals surface area contributed by atoms with Crippen molar-refractivity contribution >= 4 is 23.8 Å². The zero-order chi connectivity index (χ0) is 24.0. The second-order valence-corrected chi connectivity index (χ2v) is 8.62. The Hall–Kier alpha value is -2.94. The second kappa shape index (κ2) is 10.8. The van der Waals surface area contributed by atoms with Crippen molar-refractivity contribution in [1.29, 1.82) is 0 Å².